The average molecular weight is 462 g/mol. The fourth-order valence-corrected chi connectivity index (χ4v) is 4.86. The number of nitrogens with one attached hydrogen (secondary N) is 2. The molecule has 0 spiro atoms. The van der Waals surface area contributed by atoms with E-state index in [1.165, 1.54) is 10.4 Å². The first-order valence-corrected chi connectivity index (χ1v) is 11.9. The predicted octanol–water partition coefficient (Wildman–Crippen LogP) is 3.94. The van der Waals surface area contributed by atoms with Gasteiger partial charge in [-0.05, 0) is 53.6 Å². The van der Waals surface area contributed by atoms with E-state index in [-0.39, 0.29) is 37.1 Å². The molecule has 33 heavy (non-hydrogen) atoms. The first-order chi connectivity index (χ1) is 16.0. The minimum Gasteiger partial charge on any atom is -0.355 e. The summed E-state index contributed by atoms with van der Waals surface area (Å²) < 4.78 is 0. The van der Waals surface area contributed by atoms with Crippen molar-refractivity contribution in [3.05, 3.63) is 87.1 Å². The highest BCUT2D eigenvalue weighted by atomic mass is 32.1. The molecule has 3 aromatic rings. The number of amides is 3. The fourth-order valence-electron chi connectivity index (χ4n) is 3.97. The lowest BCUT2D eigenvalue weighted by Crippen LogP contribution is -2.35. The number of rotatable bonds is 7. The molecule has 0 radical (unpaired) electrons. The highest BCUT2D eigenvalue weighted by molar-refractivity contribution is 7.10. The van der Waals surface area contributed by atoms with Gasteiger partial charge in [-0.3, -0.25) is 14.4 Å². The standard InChI is InChI=1S/C26H27N3O3S/c1-18-21(26(32)29-14-11-23-20(17-29)12-15-33-23)8-5-9-22(18)28-24(30)10-13-27-25(31)16-19-6-3-2-4-7-19/h2-9,12,15H,10-11,13-14,16-17H2,1H3,(H,27,31)(H,28,30). The molecule has 1 aliphatic heterocycles. The number of hydrogen-bond acceptors (Lipinski definition) is 4. The molecular weight excluding hydrogens is 434 g/mol. The second-order valence-corrected chi connectivity index (χ2v) is 9.14. The maximum Gasteiger partial charge on any atom is 0.254 e. The molecule has 1 aliphatic rings. The quantitative estimate of drug-likeness (QED) is 0.559. The Morgan fingerprint density at radius 2 is 1.82 bits per heavy atom. The molecule has 7 heteroatoms. The molecule has 2 N–H and O–H groups in total. The van der Waals surface area contributed by atoms with Crippen molar-refractivity contribution in [3.63, 3.8) is 0 Å². The van der Waals surface area contributed by atoms with E-state index in [0.717, 1.165) is 17.5 Å². The Kier molecular flexibility index (Phi) is 7.19. The van der Waals surface area contributed by atoms with E-state index in [4.69, 9.17) is 0 Å². The molecule has 2 heterocycles. The normalized spacial score (nSPS) is 12.7. The van der Waals surface area contributed by atoms with Gasteiger partial charge in [-0.25, -0.2) is 0 Å². The van der Waals surface area contributed by atoms with E-state index in [0.29, 0.717) is 24.3 Å². The zero-order chi connectivity index (χ0) is 23.2. The molecule has 3 amide bonds. The van der Waals surface area contributed by atoms with Crippen molar-refractivity contribution in [2.24, 2.45) is 0 Å². The van der Waals surface area contributed by atoms with Crippen molar-refractivity contribution in [1.82, 2.24) is 10.2 Å². The van der Waals surface area contributed by atoms with Crippen LogP contribution >= 0.6 is 11.3 Å². The summed E-state index contributed by atoms with van der Waals surface area (Å²) in [6, 6.07) is 17.0. The van der Waals surface area contributed by atoms with Gasteiger partial charge in [-0.15, -0.1) is 11.3 Å². The number of nitrogens with zero attached hydrogens (tertiary/aromatic N) is 1. The van der Waals surface area contributed by atoms with Crippen molar-refractivity contribution in [2.75, 3.05) is 18.4 Å². The summed E-state index contributed by atoms with van der Waals surface area (Å²) in [5, 5.41) is 7.74. The third kappa shape index (κ3) is 5.68. The highest BCUT2D eigenvalue weighted by Crippen LogP contribution is 2.27. The van der Waals surface area contributed by atoms with E-state index < -0.39 is 0 Å². The van der Waals surface area contributed by atoms with E-state index >= 15 is 0 Å². The van der Waals surface area contributed by atoms with Crippen LogP contribution in [0.5, 0.6) is 0 Å². The molecule has 0 aliphatic carbocycles. The van der Waals surface area contributed by atoms with Crippen LogP contribution in [0.25, 0.3) is 0 Å². The van der Waals surface area contributed by atoms with Gasteiger partial charge in [0.05, 0.1) is 6.42 Å². The maximum atomic E-state index is 13.2. The predicted molar refractivity (Wildman–Crippen MR) is 130 cm³/mol. The summed E-state index contributed by atoms with van der Waals surface area (Å²) in [6.07, 6.45) is 1.32. The summed E-state index contributed by atoms with van der Waals surface area (Å²) in [7, 11) is 0. The van der Waals surface area contributed by atoms with Gasteiger partial charge in [0.2, 0.25) is 11.8 Å². The number of carbonyl (C=O) groups excluding carboxylic acids is 3. The van der Waals surface area contributed by atoms with E-state index in [2.05, 4.69) is 22.1 Å². The molecule has 0 fully saturated rings. The Balaban J connectivity index is 1.30. The SMILES string of the molecule is Cc1c(NC(=O)CCNC(=O)Cc2ccccc2)cccc1C(=O)N1CCc2sccc2C1. The zero-order valence-electron chi connectivity index (χ0n) is 18.6. The Morgan fingerprint density at radius 1 is 1.00 bits per heavy atom. The maximum absolute atomic E-state index is 13.2. The number of carbonyl (C=O) groups is 3. The van der Waals surface area contributed by atoms with Crippen molar-refractivity contribution in [2.45, 2.75) is 32.7 Å². The molecule has 170 valence electrons. The molecule has 1 aromatic heterocycles. The summed E-state index contributed by atoms with van der Waals surface area (Å²) in [5.74, 6) is -0.342. The Hall–Kier alpha value is -3.45. The highest BCUT2D eigenvalue weighted by Gasteiger charge is 2.24. The molecule has 0 atom stereocenters. The van der Waals surface area contributed by atoms with Gasteiger partial charge in [-0.1, -0.05) is 36.4 Å². The van der Waals surface area contributed by atoms with Crippen molar-refractivity contribution in [1.29, 1.82) is 0 Å². The summed E-state index contributed by atoms with van der Waals surface area (Å²) in [6.45, 7) is 3.43. The van der Waals surface area contributed by atoms with Crippen LogP contribution in [-0.2, 0) is 29.0 Å². The van der Waals surface area contributed by atoms with Crippen LogP contribution in [-0.4, -0.2) is 35.7 Å². The summed E-state index contributed by atoms with van der Waals surface area (Å²) in [4.78, 5) is 40.9. The van der Waals surface area contributed by atoms with Crippen molar-refractivity contribution >= 4 is 34.7 Å². The first-order valence-electron chi connectivity index (χ1n) is 11.1. The second kappa shape index (κ2) is 10.4. The minimum atomic E-state index is -0.205. The van der Waals surface area contributed by atoms with Crippen LogP contribution in [0.4, 0.5) is 5.69 Å². The fraction of sp³-hybridized carbons (Fsp3) is 0.269. The van der Waals surface area contributed by atoms with E-state index in [1.807, 2.05) is 42.2 Å². The zero-order valence-corrected chi connectivity index (χ0v) is 19.4. The van der Waals surface area contributed by atoms with E-state index in [9.17, 15) is 14.4 Å². The van der Waals surface area contributed by atoms with Gasteiger partial charge >= 0.3 is 0 Å². The van der Waals surface area contributed by atoms with Gasteiger partial charge in [0.25, 0.3) is 5.91 Å². The topological polar surface area (TPSA) is 78.5 Å². The molecule has 4 rings (SSSR count). The molecule has 2 aromatic carbocycles. The third-order valence-electron chi connectivity index (χ3n) is 5.81. The Morgan fingerprint density at radius 3 is 2.64 bits per heavy atom. The molecule has 0 bridgehead atoms. The largest absolute Gasteiger partial charge is 0.355 e. The lowest BCUT2D eigenvalue weighted by Gasteiger charge is -2.28. The summed E-state index contributed by atoms with van der Waals surface area (Å²) >= 11 is 1.74. The number of benzene rings is 2. The van der Waals surface area contributed by atoms with Crippen LogP contribution in [0.3, 0.4) is 0 Å². The smallest absolute Gasteiger partial charge is 0.254 e. The Bertz CT molecular complexity index is 1160. The molecule has 0 saturated carbocycles. The first kappa shape index (κ1) is 22.7. The second-order valence-electron chi connectivity index (χ2n) is 8.13. The lowest BCUT2D eigenvalue weighted by molar-refractivity contribution is -0.120. The van der Waals surface area contributed by atoms with Gasteiger partial charge in [-0.2, -0.15) is 0 Å². The van der Waals surface area contributed by atoms with Gasteiger partial charge < -0.3 is 15.5 Å². The number of hydrogen-bond donors (Lipinski definition) is 2. The van der Waals surface area contributed by atoms with Crippen LogP contribution in [0.2, 0.25) is 0 Å². The van der Waals surface area contributed by atoms with Gasteiger partial charge in [0.1, 0.15) is 0 Å². The number of thiophene rings is 1. The molecule has 0 unspecified atom stereocenters. The third-order valence-corrected chi connectivity index (χ3v) is 6.84. The molecular formula is C26H27N3O3S. The molecule has 0 saturated heterocycles. The van der Waals surface area contributed by atoms with Crippen LogP contribution < -0.4 is 10.6 Å². The van der Waals surface area contributed by atoms with Crippen LogP contribution in [0.1, 0.15) is 38.3 Å². The van der Waals surface area contributed by atoms with Crippen LogP contribution in [0.15, 0.2) is 60.0 Å². The lowest BCUT2D eigenvalue weighted by atomic mass is 10.0. The van der Waals surface area contributed by atoms with Gasteiger partial charge in [0, 0.05) is 42.2 Å². The molecule has 6 nitrogen and oxygen atoms in total. The number of fused-ring (bicyclic) bond motifs is 1. The number of anilines is 1. The average Bonchev–Trinajstić information content (AvgIpc) is 3.28. The summed E-state index contributed by atoms with van der Waals surface area (Å²) in [5.41, 5.74) is 4.12. The monoisotopic (exact) mass is 461 g/mol. The van der Waals surface area contributed by atoms with Crippen LogP contribution in [0, 0.1) is 6.92 Å². The Labute approximate surface area is 197 Å². The minimum absolute atomic E-state index is 0.0198. The van der Waals surface area contributed by atoms with Crippen molar-refractivity contribution in [3.8, 4) is 0 Å². The van der Waals surface area contributed by atoms with Gasteiger partial charge in [0.15, 0.2) is 0 Å². The van der Waals surface area contributed by atoms with E-state index in [1.54, 1.807) is 29.5 Å². The van der Waals surface area contributed by atoms with Crippen molar-refractivity contribution < 1.29 is 14.4 Å².